The lowest BCUT2D eigenvalue weighted by Gasteiger charge is -2.56. The fourth-order valence-electron chi connectivity index (χ4n) is 4.04. The fourth-order valence-corrected chi connectivity index (χ4v) is 4.04. The zero-order valence-corrected chi connectivity index (χ0v) is 10.4. The summed E-state index contributed by atoms with van der Waals surface area (Å²) in [6.45, 7) is 1.89. The quantitative estimate of drug-likeness (QED) is 0.822. The smallest absolute Gasteiger partial charge is 0.306 e. The van der Waals surface area contributed by atoms with Gasteiger partial charge >= 0.3 is 5.97 Å². The Morgan fingerprint density at radius 1 is 1.00 bits per heavy atom. The summed E-state index contributed by atoms with van der Waals surface area (Å²) in [6, 6.07) is 0. The molecule has 0 unspecified atom stereocenters. The summed E-state index contributed by atoms with van der Waals surface area (Å²) in [7, 11) is 0. The van der Waals surface area contributed by atoms with Gasteiger partial charge in [-0.3, -0.25) is 4.79 Å². The molecule has 3 heteroatoms. The largest absolute Gasteiger partial charge is 0.481 e. The average Bonchev–Trinajstić information content (AvgIpc) is 2.20. The molecule has 2 saturated carbocycles. The predicted molar refractivity (Wildman–Crippen MR) is 63.7 cm³/mol. The van der Waals surface area contributed by atoms with Crippen LogP contribution in [0.15, 0.2) is 0 Å². The molecule has 3 rings (SSSR count). The molecular formula is C14H22O3. The molecule has 2 aliphatic carbocycles. The Labute approximate surface area is 103 Å². The lowest BCUT2D eigenvalue weighted by Crippen LogP contribution is -2.56. The van der Waals surface area contributed by atoms with Crippen LogP contribution in [0.2, 0.25) is 0 Å². The van der Waals surface area contributed by atoms with Gasteiger partial charge in [0.2, 0.25) is 0 Å². The normalized spacial score (nSPS) is 36.9. The van der Waals surface area contributed by atoms with Crippen LogP contribution in [0.1, 0.15) is 44.9 Å². The summed E-state index contributed by atoms with van der Waals surface area (Å²) in [5.74, 6) is 0.941. The van der Waals surface area contributed by atoms with Crippen LogP contribution in [0.25, 0.3) is 0 Å². The molecule has 0 bridgehead atoms. The SMILES string of the molecule is O=C(O)C1CCC(C2(C3CCC3)COC2)CC1. The van der Waals surface area contributed by atoms with E-state index in [-0.39, 0.29) is 5.92 Å². The van der Waals surface area contributed by atoms with E-state index in [1.807, 2.05) is 0 Å². The second kappa shape index (κ2) is 4.27. The number of carboxylic acid groups (broad SMARTS) is 1. The maximum atomic E-state index is 11.0. The second-order valence-electron chi connectivity index (χ2n) is 6.24. The van der Waals surface area contributed by atoms with Crippen LogP contribution in [0.5, 0.6) is 0 Å². The highest BCUT2D eigenvalue weighted by molar-refractivity contribution is 5.70. The van der Waals surface area contributed by atoms with E-state index >= 15 is 0 Å². The molecule has 3 aliphatic rings. The Hall–Kier alpha value is -0.570. The average molecular weight is 238 g/mol. The van der Waals surface area contributed by atoms with Gasteiger partial charge < -0.3 is 9.84 Å². The van der Waals surface area contributed by atoms with Crippen LogP contribution in [-0.2, 0) is 9.53 Å². The zero-order valence-electron chi connectivity index (χ0n) is 10.4. The van der Waals surface area contributed by atoms with Crippen molar-refractivity contribution in [2.45, 2.75) is 44.9 Å². The first-order valence-electron chi connectivity index (χ1n) is 7.03. The van der Waals surface area contributed by atoms with Crippen molar-refractivity contribution in [3.05, 3.63) is 0 Å². The van der Waals surface area contributed by atoms with E-state index in [9.17, 15) is 4.79 Å². The van der Waals surface area contributed by atoms with E-state index in [4.69, 9.17) is 9.84 Å². The number of carboxylic acids is 1. The minimum absolute atomic E-state index is 0.0781. The van der Waals surface area contributed by atoms with Crippen LogP contribution in [0.3, 0.4) is 0 Å². The van der Waals surface area contributed by atoms with Crippen molar-refractivity contribution in [3.8, 4) is 0 Å². The van der Waals surface area contributed by atoms with Crippen LogP contribution in [-0.4, -0.2) is 24.3 Å². The summed E-state index contributed by atoms with van der Waals surface area (Å²) in [5.41, 5.74) is 0.446. The minimum atomic E-state index is -0.592. The molecule has 0 radical (unpaired) electrons. The first kappa shape index (κ1) is 11.5. The zero-order chi connectivity index (χ0) is 11.9. The van der Waals surface area contributed by atoms with Crippen LogP contribution in [0.4, 0.5) is 0 Å². The van der Waals surface area contributed by atoms with Crippen molar-refractivity contribution in [1.29, 1.82) is 0 Å². The molecule has 3 fully saturated rings. The van der Waals surface area contributed by atoms with Crippen LogP contribution >= 0.6 is 0 Å². The number of rotatable bonds is 3. The number of ether oxygens (including phenoxy) is 1. The standard InChI is InChI=1S/C14H22O3/c15-13(16)10-4-6-12(7-5-10)14(8-17-9-14)11-2-1-3-11/h10-12H,1-9H2,(H,15,16). The monoisotopic (exact) mass is 238 g/mol. The first-order chi connectivity index (χ1) is 8.22. The Balaban J connectivity index is 1.63. The topological polar surface area (TPSA) is 46.5 Å². The molecule has 17 heavy (non-hydrogen) atoms. The maximum absolute atomic E-state index is 11.0. The molecule has 96 valence electrons. The highest BCUT2D eigenvalue weighted by Crippen LogP contribution is 2.55. The molecule has 3 nitrogen and oxygen atoms in total. The van der Waals surface area contributed by atoms with Gasteiger partial charge in [-0.1, -0.05) is 6.42 Å². The lowest BCUT2D eigenvalue weighted by atomic mass is 9.55. The van der Waals surface area contributed by atoms with Gasteiger partial charge in [0, 0.05) is 5.41 Å². The Morgan fingerprint density at radius 3 is 1.94 bits per heavy atom. The Bertz CT molecular complexity index is 297. The van der Waals surface area contributed by atoms with Gasteiger partial charge in [0.05, 0.1) is 19.1 Å². The van der Waals surface area contributed by atoms with E-state index in [2.05, 4.69) is 0 Å². The van der Waals surface area contributed by atoms with Gasteiger partial charge in [-0.05, 0) is 50.4 Å². The third kappa shape index (κ3) is 1.79. The van der Waals surface area contributed by atoms with Crippen molar-refractivity contribution in [2.24, 2.45) is 23.2 Å². The summed E-state index contributed by atoms with van der Waals surface area (Å²) >= 11 is 0. The highest BCUT2D eigenvalue weighted by Gasteiger charge is 2.53. The van der Waals surface area contributed by atoms with E-state index in [1.165, 1.54) is 19.3 Å². The maximum Gasteiger partial charge on any atom is 0.306 e. The molecule has 0 aromatic heterocycles. The number of carbonyl (C=O) groups is 1. The number of aliphatic carboxylic acids is 1. The van der Waals surface area contributed by atoms with E-state index < -0.39 is 5.97 Å². The van der Waals surface area contributed by atoms with E-state index in [1.54, 1.807) is 0 Å². The fraction of sp³-hybridized carbons (Fsp3) is 0.929. The molecule has 1 aliphatic heterocycles. The summed E-state index contributed by atoms with van der Waals surface area (Å²) in [4.78, 5) is 11.0. The first-order valence-corrected chi connectivity index (χ1v) is 7.03. The molecule has 0 aromatic rings. The third-order valence-corrected chi connectivity index (χ3v) is 5.55. The summed E-state index contributed by atoms with van der Waals surface area (Å²) in [5, 5.41) is 9.04. The second-order valence-corrected chi connectivity index (χ2v) is 6.24. The van der Waals surface area contributed by atoms with Gasteiger partial charge in [-0.15, -0.1) is 0 Å². The van der Waals surface area contributed by atoms with Crippen molar-refractivity contribution < 1.29 is 14.6 Å². The Morgan fingerprint density at radius 2 is 1.59 bits per heavy atom. The number of hydrogen-bond donors (Lipinski definition) is 1. The van der Waals surface area contributed by atoms with Gasteiger partial charge in [0.1, 0.15) is 0 Å². The lowest BCUT2D eigenvalue weighted by molar-refractivity contribution is -0.201. The van der Waals surface area contributed by atoms with Gasteiger partial charge in [-0.25, -0.2) is 0 Å². The molecule has 1 N–H and O–H groups in total. The summed E-state index contributed by atoms with van der Waals surface area (Å²) < 4.78 is 5.51. The molecule has 0 spiro atoms. The van der Waals surface area contributed by atoms with Crippen molar-refractivity contribution in [1.82, 2.24) is 0 Å². The predicted octanol–water partition coefficient (Wildman–Crippen LogP) is 2.69. The molecule has 1 saturated heterocycles. The minimum Gasteiger partial charge on any atom is -0.481 e. The third-order valence-electron chi connectivity index (χ3n) is 5.55. The van der Waals surface area contributed by atoms with Crippen molar-refractivity contribution >= 4 is 5.97 Å². The van der Waals surface area contributed by atoms with Crippen LogP contribution < -0.4 is 0 Å². The van der Waals surface area contributed by atoms with Crippen molar-refractivity contribution in [2.75, 3.05) is 13.2 Å². The van der Waals surface area contributed by atoms with Gasteiger partial charge in [0.25, 0.3) is 0 Å². The molecule has 0 aromatic carbocycles. The summed E-state index contributed by atoms with van der Waals surface area (Å²) in [6.07, 6.45) is 8.12. The molecule has 1 heterocycles. The highest BCUT2D eigenvalue weighted by atomic mass is 16.5. The van der Waals surface area contributed by atoms with Gasteiger partial charge in [0.15, 0.2) is 0 Å². The Kier molecular flexibility index (Phi) is 2.89. The van der Waals surface area contributed by atoms with E-state index in [0.29, 0.717) is 5.41 Å². The number of hydrogen-bond acceptors (Lipinski definition) is 2. The van der Waals surface area contributed by atoms with Crippen molar-refractivity contribution in [3.63, 3.8) is 0 Å². The van der Waals surface area contributed by atoms with Crippen LogP contribution in [0, 0.1) is 23.2 Å². The molecule has 0 amide bonds. The molecular weight excluding hydrogens is 216 g/mol. The van der Waals surface area contributed by atoms with Gasteiger partial charge in [-0.2, -0.15) is 0 Å². The molecule has 0 atom stereocenters. The van der Waals surface area contributed by atoms with E-state index in [0.717, 1.165) is 50.7 Å².